The lowest BCUT2D eigenvalue weighted by atomic mass is 10.1. The predicted molar refractivity (Wildman–Crippen MR) is 221 cm³/mol. The number of carbonyl (C=O) groups is 4. The van der Waals surface area contributed by atoms with Gasteiger partial charge in [-0.3, -0.25) is 19.2 Å². The number of benzene rings is 4. The summed E-state index contributed by atoms with van der Waals surface area (Å²) in [5, 5.41) is 11.5. The minimum atomic E-state index is -0.194. The van der Waals surface area contributed by atoms with Crippen molar-refractivity contribution in [3.63, 3.8) is 0 Å². The zero-order chi connectivity index (χ0) is 38.5. The van der Waals surface area contributed by atoms with Gasteiger partial charge in [0.25, 0.3) is 0 Å². The van der Waals surface area contributed by atoms with Gasteiger partial charge in [0.05, 0.1) is 22.8 Å². The highest BCUT2D eigenvalue weighted by Gasteiger charge is 2.11. The van der Waals surface area contributed by atoms with Gasteiger partial charge in [0.2, 0.25) is 23.6 Å². The SMILES string of the molecule is CC(=O)Nc1ccccc1/C=C/c1nc(/C=C/c2ccccc2NC(C)=O)c(/C=C/c2ccccc2NC(C)=O)nc1/C=C/c1ccccc1NC(C)=O. The van der Waals surface area contributed by atoms with E-state index < -0.39 is 0 Å². The summed E-state index contributed by atoms with van der Waals surface area (Å²) in [7, 11) is 0. The van der Waals surface area contributed by atoms with Gasteiger partial charge in [0.15, 0.2) is 0 Å². The van der Waals surface area contributed by atoms with Crippen molar-refractivity contribution in [3.05, 3.63) is 142 Å². The molecule has 1 heterocycles. The number of carbonyl (C=O) groups excluding carboxylic acids is 4. The Morgan fingerprint density at radius 3 is 0.759 bits per heavy atom. The molecule has 0 spiro atoms. The van der Waals surface area contributed by atoms with Crippen molar-refractivity contribution < 1.29 is 19.2 Å². The van der Waals surface area contributed by atoms with E-state index in [2.05, 4.69) is 21.3 Å². The van der Waals surface area contributed by atoms with Gasteiger partial charge in [-0.15, -0.1) is 0 Å². The van der Waals surface area contributed by atoms with Crippen molar-refractivity contribution >= 4 is 95.0 Å². The standard InChI is InChI=1S/C44H40N6O4/c1-29(51)45-37-17-9-5-13-33(37)21-25-41-42(26-22-34-14-6-10-18-38(34)46-30(2)52)50-44(28-24-36-16-8-12-20-40(36)48-32(4)54)43(49-41)27-23-35-15-7-11-19-39(35)47-31(3)53/h5-28H,1-4H3,(H,45,51)(H,46,52)(H,47,53)(H,48,54)/b25-21+,26-22+,27-23+,28-24+. The third kappa shape index (κ3) is 10.9. The van der Waals surface area contributed by atoms with Gasteiger partial charge in [0, 0.05) is 50.4 Å². The van der Waals surface area contributed by atoms with Crippen LogP contribution in [0.4, 0.5) is 22.7 Å². The van der Waals surface area contributed by atoms with E-state index in [9.17, 15) is 19.2 Å². The number of para-hydroxylation sites is 4. The number of aromatic nitrogens is 2. The third-order valence-corrected chi connectivity index (χ3v) is 7.78. The van der Waals surface area contributed by atoms with Crippen molar-refractivity contribution in [2.45, 2.75) is 27.7 Å². The topological polar surface area (TPSA) is 142 Å². The fraction of sp³-hybridized carbons (Fsp3) is 0.0909. The second kappa shape index (κ2) is 18.3. The Labute approximate surface area is 314 Å². The molecule has 270 valence electrons. The molecule has 0 aliphatic carbocycles. The van der Waals surface area contributed by atoms with E-state index in [0.29, 0.717) is 45.5 Å². The Balaban J connectivity index is 1.70. The normalized spacial score (nSPS) is 11.3. The first-order chi connectivity index (χ1) is 26.0. The van der Waals surface area contributed by atoms with Crippen molar-refractivity contribution in [1.82, 2.24) is 9.97 Å². The number of nitrogens with one attached hydrogen (secondary N) is 4. The van der Waals surface area contributed by atoms with Crippen LogP contribution < -0.4 is 21.3 Å². The number of amides is 4. The van der Waals surface area contributed by atoms with E-state index in [1.54, 1.807) is 0 Å². The smallest absolute Gasteiger partial charge is 0.221 e. The molecule has 54 heavy (non-hydrogen) atoms. The van der Waals surface area contributed by atoms with E-state index in [-0.39, 0.29) is 23.6 Å². The van der Waals surface area contributed by atoms with Gasteiger partial charge in [-0.1, -0.05) is 97.1 Å². The second-order valence-corrected chi connectivity index (χ2v) is 12.2. The summed E-state index contributed by atoms with van der Waals surface area (Å²) >= 11 is 0. The molecule has 4 aromatic carbocycles. The lowest BCUT2D eigenvalue weighted by Crippen LogP contribution is -2.07. The zero-order valence-electron chi connectivity index (χ0n) is 30.4. The fourth-order valence-electron chi connectivity index (χ4n) is 5.44. The summed E-state index contributed by atoms with van der Waals surface area (Å²) in [6.07, 6.45) is 14.7. The molecule has 0 aliphatic heterocycles. The second-order valence-electron chi connectivity index (χ2n) is 12.2. The van der Waals surface area contributed by atoms with Crippen LogP contribution in [-0.4, -0.2) is 33.6 Å². The maximum atomic E-state index is 11.9. The van der Waals surface area contributed by atoms with Gasteiger partial charge in [0.1, 0.15) is 0 Å². The molecular weight excluding hydrogens is 677 g/mol. The quantitative estimate of drug-likeness (QED) is 0.102. The maximum absolute atomic E-state index is 11.9. The Morgan fingerprint density at radius 2 is 0.556 bits per heavy atom. The van der Waals surface area contributed by atoms with Crippen LogP contribution in [0, 0.1) is 0 Å². The van der Waals surface area contributed by atoms with Crippen LogP contribution in [0.15, 0.2) is 97.1 Å². The molecule has 0 bridgehead atoms. The lowest BCUT2D eigenvalue weighted by molar-refractivity contribution is -0.115. The molecule has 5 rings (SSSR count). The van der Waals surface area contributed by atoms with E-state index in [1.807, 2.05) is 146 Å². The van der Waals surface area contributed by atoms with Crippen LogP contribution >= 0.6 is 0 Å². The zero-order valence-corrected chi connectivity index (χ0v) is 30.4. The van der Waals surface area contributed by atoms with E-state index >= 15 is 0 Å². The van der Waals surface area contributed by atoms with Crippen LogP contribution in [0.1, 0.15) is 72.7 Å². The molecule has 0 radical (unpaired) electrons. The van der Waals surface area contributed by atoms with Crippen molar-refractivity contribution in [3.8, 4) is 0 Å². The highest BCUT2D eigenvalue weighted by atomic mass is 16.2. The average Bonchev–Trinajstić information content (AvgIpc) is 3.13. The molecule has 0 aliphatic rings. The van der Waals surface area contributed by atoms with E-state index in [1.165, 1.54) is 27.7 Å². The van der Waals surface area contributed by atoms with Crippen LogP contribution in [-0.2, 0) is 19.2 Å². The Hall–Kier alpha value is -7.20. The third-order valence-electron chi connectivity index (χ3n) is 7.78. The van der Waals surface area contributed by atoms with E-state index in [0.717, 1.165) is 22.3 Å². The number of rotatable bonds is 12. The molecule has 10 heteroatoms. The lowest BCUT2D eigenvalue weighted by Gasteiger charge is -2.10. The summed E-state index contributed by atoms with van der Waals surface area (Å²) in [6, 6.07) is 29.7. The van der Waals surface area contributed by atoms with Crippen molar-refractivity contribution in [1.29, 1.82) is 0 Å². The minimum Gasteiger partial charge on any atom is -0.326 e. The van der Waals surface area contributed by atoms with Gasteiger partial charge in [-0.05, 0) is 70.8 Å². The van der Waals surface area contributed by atoms with Crippen LogP contribution in [0.5, 0.6) is 0 Å². The van der Waals surface area contributed by atoms with Crippen LogP contribution in [0.3, 0.4) is 0 Å². The number of hydrogen-bond acceptors (Lipinski definition) is 6. The number of anilines is 4. The molecule has 1 aromatic heterocycles. The highest BCUT2D eigenvalue weighted by molar-refractivity contribution is 5.95. The Bertz CT molecular complexity index is 2000. The average molecular weight is 717 g/mol. The molecule has 4 N–H and O–H groups in total. The molecular formula is C44H40N6O4. The molecule has 10 nitrogen and oxygen atoms in total. The first-order valence-electron chi connectivity index (χ1n) is 17.2. The van der Waals surface area contributed by atoms with Gasteiger partial charge >= 0.3 is 0 Å². The number of nitrogens with zero attached hydrogens (tertiary/aromatic N) is 2. The molecule has 4 amide bonds. The summed E-state index contributed by atoms with van der Waals surface area (Å²) in [4.78, 5) is 58.0. The molecule has 0 saturated heterocycles. The van der Waals surface area contributed by atoms with Crippen LogP contribution in [0.25, 0.3) is 48.6 Å². The molecule has 0 atom stereocenters. The summed E-state index contributed by atoms with van der Waals surface area (Å²) in [6.45, 7) is 5.82. The molecule has 0 fully saturated rings. The Morgan fingerprint density at radius 1 is 0.352 bits per heavy atom. The van der Waals surface area contributed by atoms with Gasteiger partial charge in [-0.25, -0.2) is 9.97 Å². The number of hydrogen-bond donors (Lipinski definition) is 4. The monoisotopic (exact) mass is 716 g/mol. The first kappa shape index (κ1) is 38.0. The molecule has 0 unspecified atom stereocenters. The van der Waals surface area contributed by atoms with E-state index in [4.69, 9.17) is 9.97 Å². The predicted octanol–water partition coefficient (Wildman–Crippen LogP) is 8.99. The maximum Gasteiger partial charge on any atom is 0.221 e. The molecule has 5 aromatic rings. The largest absolute Gasteiger partial charge is 0.326 e. The summed E-state index contributed by atoms with van der Waals surface area (Å²) in [5.41, 5.74) is 7.70. The highest BCUT2D eigenvalue weighted by Crippen LogP contribution is 2.26. The summed E-state index contributed by atoms with van der Waals surface area (Å²) < 4.78 is 0. The van der Waals surface area contributed by atoms with Crippen molar-refractivity contribution in [2.24, 2.45) is 0 Å². The minimum absolute atomic E-state index is 0.194. The first-order valence-corrected chi connectivity index (χ1v) is 17.2. The Kier molecular flexibility index (Phi) is 12.9. The summed E-state index contributed by atoms with van der Waals surface area (Å²) in [5.74, 6) is -0.777. The van der Waals surface area contributed by atoms with Crippen molar-refractivity contribution in [2.75, 3.05) is 21.3 Å². The van der Waals surface area contributed by atoms with Gasteiger partial charge < -0.3 is 21.3 Å². The van der Waals surface area contributed by atoms with Gasteiger partial charge in [-0.2, -0.15) is 0 Å². The molecule has 0 saturated carbocycles. The fourth-order valence-corrected chi connectivity index (χ4v) is 5.44. The van der Waals surface area contributed by atoms with Crippen LogP contribution in [0.2, 0.25) is 0 Å².